The third kappa shape index (κ3) is 3.05. The summed E-state index contributed by atoms with van der Waals surface area (Å²) < 4.78 is 0. The SMILES string of the molecule is Cc1ccncc1CNC(=O)C1CNc2ccccc2C1. The van der Waals surface area contributed by atoms with E-state index < -0.39 is 0 Å². The largest absolute Gasteiger partial charge is 0.384 e. The van der Waals surface area contributed by atoms with Gasteiger partial charge in [0.15, 0.2) is 0 Å². The molecule has 1 atom stereocenters. The number of fused-ring (bicyclic) bond motifs is 1. The summed E-state index contributed by atoms with van der Waals surface area (Å²) in [7, 11) is 0. The Labute approximate surface area is 124 Å². The molecule has 4 heteroatoms. The number of aromatic nitrogens is 1. The van der Waals surface area contributed by atoms with E-state index in [1.807, 2.05) is 31.3 Å². The van der Waals surface area contributed by atoms with Gasteiger partial charge in [-0.25, -0.2) is 0 Å². The highest BCUT2D eigenvalue weighted by atomic mass is 16.1. The van der Waals surface area contributed by atoms with Crippen molar-refractivity contribution in [1.82, 2.24) is 10.3 Å². The predicted octanol–water partition coefficient (Wildman–Crippen LogP) is 2.29. The lowest BCUT2D eigenvalue weighted by Crippen LogP contribution is -2.37. The van der Waals surface area contributed by atoms with Gasteiger partial charge in [0.1, 0.15) is 0 Å². The Morgan fingerprint density at radius 1 is 1.38 bits per heavy atom. The first-order valence-electron chi connectivity index (χ1n) is 7.23. The number of carbonyl (C=O) groups is 1. The molecule has 0 spiro atoms. The maximum Gasteiger partial charge on any atom is 0.225 e. The van der Waals surface area contributed by atoms with Crippen LogP contribution in [-0.2, 0) is 17.8 Å². The summed E-state index contributed by atoms with van der Waals surface area (Å²) in [6, 6.07) is 10.1. The fraction of sp³-hybridized carbons (Fsp3) is 0.294. The van der Waals surface area contributed by atoms with Gasteiger partial charge in [0, 0.05) is 31.2 Å². The second-order valence-electron chi connectivity index (χ2n) is 5.46. The van der Waals surface area contributed by atoms with Crippen LogP contribution in [0.4, 0.5) is 5.69 Å². The Morgan fingerprint density at radius 3 is 3.10 bits per heavy atom. The van der Waals surface area contributed by atoms with Crippen molar-refractivity contribution in [3.63, 3.8) is 0 Å². The van der Waals surface area contributed by atoms with E-state index >= 15 is 0 Å². The molecule has 0 saturated carbocycles. The van der Waals surface area contributed by atoms with Gasteiger partial charge in [-0.15, -0.1) is 0 Å². The number of hydrogen-bond acceptors (Lipinski definition) is 3. The van der Waals surface area contributed by atoms with Crippen molar-refractivity contribution >= 4 is 11.6 Å². The number of para-hydroxylation sites is 1. The zero-order chi connectivity index (χ0) is 14.7. The van der Waals surface area contributed by atoms with Crippen molar-refractivity contribution in [3.05, 3.63) is 59.4 Å². The summed E-state index contributed by atoms with van der Waals surface area (Å²) in [4.78, 5) is 16.4. The first-order chi connectivity index (χ1) is 10.2. The average Bonchev–Trinajstić information content (AvgIpc) is 2.53. The number of anilines is 1. The van der Waals surface area contributed by atoms with Crippen LogP contribution in [0, 0.1) is 12.8 Å². The summed E-state index contributed by atoms with van der Waals surface area (Å²) in [6.07, 6.45) is 4.37. The Kier molecular flexibility index (Phi) is 3.86. The van der Waals surface area contributed by atoms with Crippen LogP contribution in [0.1, 0.15) is 16.7 Å². The monoisotopic (exact) mass is 281 g/mol. The predicted molar refractivity (Wildman–Crippen MR) is 82.9 cm³/mol. The van der Waals surface area contributed by atoms with Crippen molar-refractivity contribution in [2.24, 2.45) is 5.92 Å². The maximum absolute atomic E-state index is 12.3. The Morgan fingerprint density at radius 2 is 2.24 bits per heavy atom. The summed E-state index contributed by atoms with van der Waals surface area (Å²) in [6.45, 7) is 3.26. The van der Waals surface area contributed by atoms with E-state index in [9.17, 15) is 4.79 Å². The molecule has 0 bridgehead atoms. The van der Waals surface area contributed by atoms with Crippen LogP contribution in [0.2, 0.25) is 0 Å². The molecule has 1 unspecified atom stereocenters. The Hall–Kier alpha value is -2.36. The second-order valence-corrected chi connectivity index (χ2v) is 5.46. The number of hydrogen-bond donors (Lipinski definition) is 2. The molecule has 3 rings (SSSR count). The van der Waals surface area contributed by atoms with Gasteiger partial charge in [-0.05, 0) is 42.2 Å². The van der Waals surface area contributed by atoms with Crippen LogP contribution in [0.3, 0.4) is 0 Å². The number of nitrogens with one attached hydrogen (secondary N) is 2. The van der Waals surface area contributed by atoms with Crippen LogP contribution in [0.5, 0.6) is 0 Å². The van der Waals surface area contributed by atoms with Crippen molar-refractivity contribution in [2.75, 3.05) is 11.9 Å². The molecule has 1 aliphatic heterocycles. The summed E-state index contributed by atoms with van der Waals surface area (Å²) in [5.41, 5.74) is 4.57. The van der Waals surface area contributed by atoms with E-state index in [0.29, 0.717) is 13.1 Å². The normalized spacial score (nSPS) is 16.7. The molecule has 2 heterocycles. The number of aryl methyl sites for hydroxylation is 1. The number of amides is 1. The molecule has 1 aromatic carbocycles. The van der Waals surface area contributed by atoms with Crippen LogP contribution in [-0.4, -0.2) is 17.4 Å². The van der Waals surface area contributed by atoms with E-state index in [1.165, 1.54) is 5.56 Å². The van der Waals surface area contributed by atoms with Gasteiger partial charge in [-0.3, -0.25) is 9.78 Å². The highest BCUT2D eigenvalue weighted by Crippen LogP contribution is 2.24. The molecule has 1 amide bonds. The van der Waals surface area contributed by atoms with Crippen molar-refractivity contribution < 1.29 is 4.79 Å². The zero-order valence-electron chi connectivity index (χ0n) is 12.1. The minimum absolute atomic E-state index is 0.0168. The molecule has 21 heavy (non-hydrogen) atoms. The van der Waals surface area contributed by atoms with Crippen LogP contribution >= 0.6 is 0 Å². The lowest BCUT2D eigenvalue weighted by molar-refractivity contribution is -0.124. The standard InChI is InChI=1S/C17H19N3O/c1-12-6-7-18-9-15(12)11-20-17(21)14-8-13-4-2-3-5-16(13)19-10-14/h2-7,9,14,19H,8,10-11H2,1H3,(H,20,21). The lowest BCUT2D eigenvalue weighted by Gasteiger charge is -2.25. The second kappa shape index (κ2) is 5.95. The molecule has 2 aromatic rings. The number of carbonyl (C=O) groups excluding carboxylic acids is 1. The molecule has 1 aromatic heterocycles. The minimum Gasteiger partial charge on any atom is -0.384 e. The zero-order valence-corrected chi connectivity index (χ0v) is 12.1. The molecule has 0 aliphatic carbocycles. The fourth-order valence-electron chi connectivity index (χ4n) is 2.64. The summed E-state index contributed by atoms with van der Waals surface area (Å²) in [5, 5.41) is 6.35. The third-order valence-electron chi connectivity index (χ3n) is 3.99. The van der Waals surface area contributed by atoms with Gasteiger partial charge in [-0.2, -0.15) is 0 Å². The highest BCUT2D eigenvalue weighted by molar-refractivity contribution is 5.80. The van der Waals surface area contributed by atoms with Crippen molar-refractivity contribution in [2.45, 2.75) is 19.9 Å². The van der Waals surface area contributed by atoms with E-state index in [2.05, 4.69) is 27.8 Å². The van der Waals surface area contributed by atoms with Crippen LogP contribution < -0.4 is 10.6 Å². The summed E-state index contributed by atoms with van der Waals surface area (Å²) in [5.74, 6) is 0.0807. The first kappa shape index (κ1) is 13.6. The lowest BCUT2D eigenvalue weighted by atomic mass is 9.93. The Balaban J connectivity index is 1.61. The topological polar surface area (TPSA) is 54.0 Å². The van der Waals surface area contributed by atoms with E-state index in [0.717, 1.165) is 23.2 Å². The quantitative estimate of drug-likeness (QED) is 0.907. The highest BCUT2D eigenvalue weighted by Gasteiger charge is 2.23. The van der Waals surface area contributed by atoms with Crippen molar-refractivity contribution in [1.29, 1.82) is 0 Å². The molecule has 2 N–H and O–H groups in total. The van der Waals surface area contributed by atoms with E-state index in [4.69, 9.17) is 0 Å². The van der Waals surface area contributed by atoms with Gasteiger partial charge >= 0.3 is 0 Å². The van der Waals surface area contributed by atoms with E-state index in [1.54, 1.807) is 6.20 Å². The molecule has 1 aliphatic rings. The molecule has 0 fully saturated rings. The third-order valence-corrected chi connectivity index (χ3v) is 3.99. The number of rotatable bonds is 3. The first-order valence-corrected chi connectivity index (χ1v) is 7.23. The molecular formula is C17H19N3O. The number of pyridine rings is 1. The van der Waals surface area contributed by atoms with Gasteiger partial charge in [0.2, 0.25) is 5.91 Å². The molecule has 0 saturated heterocycles. The Bertz CT molecular complexity index is 654. The van der Waals surface area contributed by atoms with Crippen LogP contribution in [0.25, 0.3) is 0 Å². The molecule has 4 nitrogen and oxygen atoms in total. The van der Waals surface area contributed by atoms with Crippen LogP contribution in [0.15, 0.2) is 42.7 Å². The number of nitrogens with zero attached hydrogens (tertiary/aromatic N) is 1. The van der Waals surface area contributed by atoms with Gasteiger partial charge in [-0.1, -0.05) is 18.2 Å². The number of benzene rings is 1. The summed E-state index contributed by atoms with van der Waals surface area (Å²) >= 11 is 0. The maximum atomic E-state index is 12.3. The smallest absolute Gasteiger partial charge is 0.225 e. The van der Waals surface area contributed by atoms with E-state index in [-0.39, 0.29) is 11.8 Å². The molecule has 108 valence electrons. The van der Waals surface area contributed by atoms with Gasteiger partial charge in [0.05, 0.1) is 5.92 Å². The van der Waals surface area contributed by atoms with Gasteiger partial charge < -0.3 is 10.6 Å². The van der Waals surface area contributed by atoms with Crippen molar-refractivity contribution in [3.8, 4) is 0 Å². The van der Waals surface area contributed by atoms with Gasteiger partial charge in [0.25, 0.3) is 0 Å². The molecule has 0 radical (unpaired) electrons. The minimum atomic E-state index is -0.0168. The fourth-order valence-corrected chi connectivity index (χ4v) is 2.64. The average molecular weight is 281 g/mol. The molecular weight excluding hydrogens is 262 g/mol.